The largest absolute Gasteiger partial charge is 0.441 e. The Morgan fingerprint density at radius 3 is 2.92 bits per heavy atom. The van der Waals surface area contributed by atoms with E-state index in [1.807, 2.05) is 24.3 Å². The van der Waals surface area contributed by atoms with Crippen LogP contribution in [0, 0.1) is 0 Å². The summed E-state index contributed by atoms with van der Waals surface area (Å²) >= 11 is 1.26. The van der Waals surface area contributed by atoms with E-state index in [0.29, 0.717) is 28.8 Å². The number of ether oxygens (including phenoxy) is 1. The molecule has 7 heteroatoms. The lowest BCUT2D eigenvalue weighted by Crippen LogP contribution is -2.27. The fourth-order valence-corrected chi connectivity index (χ4v) is 2.83. The molecule has 0 saturated heterocycles. The summed E-state index contributed by atoms with van der Waals surface area (Å²) in [5.74, 6) is 1.29. The Hall–Kier alpha value is -3.06. The van der Waals surface area contributed by atoms with E-state index in [9.17, 15) is 4.79 Å². The maximum absolute atomic E-state index is 12.4. The van der Waals surface area contributed by atoms with E-state index in [0.717, 1.165) is 4.90 Å². The second-order valence-corrected chi connectivity index (χ2v) is 5.89. The number of hydrogen-bond donors (Lipinski definition) is 2. The lowest BCUT2D eigenvalue weighted by molar-refractivity contribution is 0.102. The number of benzene rings is 2. The number of hydrogen-bond acceptors (Lipinski definition) is 6. The number of anilines is 1. The van der Waals surface area contributed by atoms with Crippen LogP contribution in [-0.2, 0) is 0 Å². The van der Waals surface area contributed by atoms with Crippen LogP contribution in [0.25, 0.3) is 0 Å². The molecule has 2 aromatic rings. The Morgan fingerprint density at radius 1 is 1.04 bits per heavy atom. The predicted molar refractivity (Wildman–Crippen MR) is 94.5 cm³/mol. The molecular formula is C17H12N4O2S. The number of nitrogens with one attached hydrogen (secondary N) is 2. The zero-order chi connectivity index (χ0) is 16.4. The van der Waals surface area contributed by atoms with E-state index in [1.54, 1.807) is 36.6 Å². The predicted octanol–water partition coefficient (Wildman–Crippen LogP) is 3.21. The molecule has 0 fully saturated rings. The van der Waals surface area contributed by atoms with Gasteiger partial charge in [0, 0.05) is 40.4 Å². The van der Waals surface area contributed by atoms with Crippen molar-refractivity contribution in [2.45, 2.75) is 4.90 Å². The van der Waals surface area contributed by atoms with E-state index in [2.05, 4.69) is 20.0 Å². The molecule has 6 bridgehead atoms. The van der Waals surface area contributed by atoms with E-state index >= 15 is 0 Å². The number of rotatable bonds is 0. The molecule has 4 rings (SSSR count). The van der Waals surface area contributed by atoms with Crippen LogP contribution in [0.1, 0.15) is 10.4 Å². The van der Waals surface area contributed by atoms with Gasteiger partial charge in [0.1, 0.15) is 5.75 Å². The fraction of sp³-hybridized carbons (Fsp3) is 0. The molecule has 1 amide bonds. The third-order valence-electron chi connectivity index (χ3n) is 3.31. The van der Waals surface area contributed by atoms with Crippen molar-refractivity contribution in [3.8, 4) is 5.75 Å². The van der Waals surface area contributed by atoms with Gasteiger partial charge >= 0.3 is 0 Å². The Balaban J connectivity index is 1.77. The summed E-state index contributed by atoms with van der Waals surface area (Å²) in [6, 6.07) is 14.5. The molecular weight excluding hydrogens is 324 g/mol. The van der Waals surface area contributed by atoms with Crippen molar-refractivity contribution in [2.75, 3.05) is 5.32 Å². The molecule has 0 aliphatic carbocycles. The standard InChI is InChI=1S/C17H12N4O2S/c22-16-11-3-1-5-13(9-11)23-15-7-8-18-17(20-15)21-24-14-6-2-4-12(10-14)19-16/h1-10H,(H,19,22)(H,18,20,21). The third kappa shape index (κ3) is 3.16. The molecule has 0 saturated carbocycles. The monoisotopic (exact) mass is 336 g/mol. The highest BCUT2D eigenvalue weighted by atomic mass is 32.2. The highest BCUT2D eigenvalue weighted by molar-refractivity contribution is 7.98. The van der Waals surface area contributed by atoms with Gasteiger partial charge in [0.05, 0.1) is 0 Å². The van der Waals surface area contributed by atoms with Gasteiger partial charge in [0.15, 0.2) is 0 Å². The second-order valence-electron chi connectivity index (χ2n) is 5.05. The van der Waals surface area contributed by atoms with E-state index in [1.165, 1.54) is 11.9 Å². The van der Waals surface area contributed by atoms with Crippen molar-refractivity contribution < 1.29 is 9.53 Å². The van der Waals surface area contributed by atoms with Gasteiger partial charge in [0.2, 0.25) is 11.8 Å². The molecule has 118 valence electrons. The summed E-state index contributed by atoms with van der Waals surface area (Å²) < 4.78 is 10.1. The Kier molecular flexibility index (Phi) is 3.76. The summed E-state index contributed by atoms with van der Waals surface area (Å²) in [5, 5.41) is 5.88. The summed E-state index contributed by atoms with van der Waals surface area (Å²) in [6.07, 6.45) is 3.31. The number of guanidine groups is 1. The zero-order valence-electron chi connectivity index (χ0n) is 12.4. The minimum Gasteiger partial charge on any atom is -0.441 e. The van der Waals surface area contributed by atoms with Gasteiger partial charge < -0.3 is 10.1 Å². The highest BCUT2D eigenvalue weighted by Crippen LogP contribution is 2.24. The number of allylic oxidation sites excluding steroid dienone is 1. The van der Waals surface area contributed by atoms with Crippen LogP contribution in [0.2, 0.25) is 0 Å². The van der Waals surface area contributed by atoms with E-state index < -0.39 is 0 Å². The summed E-state index contributed by atoms with van der Waals surface area (Å²) in [4.78, 5) is 17.5. The van der Waals surface area contributed by atoms with Gasteiger partial charge in [-0.25, -0.2) is 4.99 Å². The molecule has 2 heterocycles. The fourth-order valence-electron chi connectivity index (χ4n) is 2.22. The van der Waals surface area contributed by atoms with Crippen molar-refractivity contribution >= 4 is 35.7 Å². The average molecular weight is 336 g/mol. The number of fused-ring (bicyclic) bond motifs is 6. The van der Waals surface area contributed by atoms with Crippen LogP contribution in [0.4, 0.5) is 5.69 Å². The van der Waals surface area contributed by atoms with Gasteiger partial charge in [-0.1, -0.05) is 12.1 Å². The van der Waals surface area contributed by atoms with Crippen LogP contribution in [0.3, 0.4) is 0 Å². The topological polar surface area (TPSA) is 75.1 Å². The average Bonchev–Trinajstić information content (AvgIpc) is 2.60. The summed E-state index contributed by atoms with van der Waals surface area (Å²) in [7, 11) is 0. The van der Waals surface area contributed by atoms with Crippen LogP contribution >= 0.6 is 11.9 Å². The highest BCUT2D eigenvalue weighted by Gasteiger charge is 2.12. The lowest BCUT2D eigenvalue weighted by atomic mass is 10.2. The second kappa shape index (κ2) is 6.21. The smallest absolute Gasteiger partial charge is 0.255 e. The van der Waals surface area contributed by atoms with Crippen molar-refractivity contribution in [2.24, 2.45) is 9.39 Å². The molecule has 0 unspecified atom stereocenters. The van der Waals surface area contributed by atoms with Crippen LogP contribution < -0.4 is 15.4 Å². The van der Waals surface area contributed by atoms with Gasteiger partial charge in [-0.05, 0) is 36.4 Å². The van der Waals surface area contributed by atoms with Gasteiger partial charge in [-0.15, -0.1) is 0 Å². The van der Waals surface area contributed by atoms with Crippen LogP contribution in [-0.4, -0.2) is 18.1 Å². The van der Waals surface area contributed by atoms with E-state index in [4.69, 9.17) is 4.74 Å². The first-order valence-electron chi connectivity index (χ1n) is 7.22. The van der Waals surface area contributed by atoms with Gasteiger partial charge in [-0.3, -0.25) is 10.1 Å². The molecule has 2 aliphatic rings. The molecule has 6 nitrogen and oxygen atoms in total. The normalized spacial score (nSPS) is 15.9. The van der Waals surface area contributed by atoms with Gasteiger partial charge in [-0.2, -0.15) is 4.40 Å². The minimum atomic E-state index is -0.198. The first-order chi connectivity index (χ1) is 11.8. The Morgan fingerprint density at radius 2 is 1.96 bits per heavy atom. The first-order valence-corrected chi connectivity index (χ1v) is 7.99. The lowest BCUT2D eigenvalue weighted by Gasteiger charge is -2.15. The summed E-state index contributed by atoms with van der Waals surface area (Å²) in [6.45, 7) is 0. The molecule has 0 atom stereocenters. The molecule has 2 N–H and O–H groups in total. The Bertz CT molecular complexity index is 905. The number of aliphatic imine (C=N–C) groups is 1. The first kappa shape index (κ1) is 14.5. The number of carbonyl (C=O) groups is 1. The quantitative estimate of drug-likeness (QED) is 0.725. The maximum atomic E-state index is 12.4. The van der Waals surface area contributed by atoms with Gasteiger partial charge in [0.25, 0.3) is 5.91 Å². The van der Waals surface area contributed by atoms with Crippen molar-refractivity contribution in [3.63, 3.8) is 0 Å². The Labute approximate surface area is 142 Å². The third-order valence-corrected chi connectivity index (χ3v) is 4.04. The molecule has 0 radical (unpaired) electrons. The van der Waals surface area contributed by atoms with E-state index in [-0.39, 0.29) is 5.91 Å². The van der Waals surface area contributed by atoms with Crippen LogP contribution in [0.15, 0.2) is 74.8 Å². The number of nitrogens with zero attached hydrogens (tertiary/aromatic N) is 2. The zero-order valence-corrected chi connectivity index (χ0v) is 13.2. The number of carbonyl (C=O) groups excluding carboxylic acids is 1. The molecule has 2 aliphatic heterocycles. The molecule has 0 aromatic heterocycles. The van der Waals surface area contributed by atoms with Crippen molar-refractivity contribution in [1.29, 1.82) is 0 Å². The molecule has 24 heavy (non-hydrogen) atoms. The van der Waals surface area contributed by atoms with Crippen molar-refractivity contribution in [3.05, 3.63) is 66.1 Å². The summed E-state index contributed by atoms with van der Waals surface area (Å²) in [5.41, 5.74) is 1.22. The maximum Gasteiger partial charge on any atom is 0.255 e. The SMILES string of the molecule is O=C1Nc2cccc(c2)SN=C2N=CC=C(N2)Oc2cccc1c2. The number of amides is 1. The molecule has 2 aromatic carbocycles. The molecule has 0 spiro atoms. The van der Waals surface area contributed by atoms with Crippen molar-refractivity contribution in [1.82, 2.24) is 5.32 Å². The van der Waals surface area contributed by atoms with Crippen LogP contribution in [0.5, 0.6) is 5.75 Å². The minimum absolute atomic E-state index is 0.198.